The Bertz CT molecular complexity index is 1190. The van der Waals surface area contributed by atoms with Crippen molar-refractivity contribution in [3.8, 4) is 16.9 Å². The zero-order valence-electron chi connectivity index (χ0n) is 17.9. The Balaban J connectivity index is 1.63. The zero-order chi connectivity index (χ0) is 22.5. The fourth-order valence-corrected chi connectivity index (χ4v) is 3.57. The molecule has 7 heteroatoms. The first-order chi connectivity index (χ1) is 15.5. The molecule has 1 N–H and O–H groups in total. The van der Waals surface area contributed by atoms with Crippen molar-refractivity contribution in [1.29, 1.82) is 0 Å². The predicted octanol–water partition coefficient (Wildman–Crippen LogP) is 4.11. The molecular formula is C25H24FN5O. The molecule has 1 atom stereocenters. The summed E-state index contributed by atoms with van der Waals surface area (Å²) >= 11 is 0. The van der Waals surface area contributed by atoms with Crippen LogP contribution in [0.4, 0.5) is 4.39 Å². The van der Waals surface area contributed by atoms with Gasteiger partial charge in [0.05, 0.1) is 17.3 Å². The smallest absolute Gasteiger partial charge is 0.255 e. The van der Waals surface area contributed by atoms with Crippen LogP contribution in [0.2, 0.25) is 0 Å². The molecule has 162 valence electrons. The fourth-order valence-electron chi connectivity index (χ4n) is 3.57. The number of hydrogen-bond donors (Lipinski definition) is 1. The van der Waals surface area contributed by atoms with E-state index in [0.717, 1.165) is 16.8 Å². The number of likely N-dealkylation sites (N-methyl/N-ethyl adjacent to an activating group) is 1. The summed E-state index contributed by atoms with van der Waals surface area (Å²) in [5.41, 5.74) is 3.39. The highest BCUT2D eigenvalue weighted by atomic mass is 19.1. The van der Waals surface area contributed by atoms with E-state index >= 15 is 0 Å². The van der Waals surface area contributed by atoms with E-state index in [0.29, 0.717) is 17.8 Å². The van der Waals surface area contributed by atoms with E-state index in [-0.39, 0.29) is 17.8 Å². The van der Waals surface area contributed by atoms with Crippen LogP contribution < -0.4 is 5.32 Å². The SMILES string of the molecule is CN(C)C(CNC(=O)c1cn(-c2ccccc2)nc1-c1cccnc1)c1cccc(F)c1. The standard InChI is InChI=1S/C25H24FN5O/c1-30(2)23(18-8-6-10-20(26)14-18)16-28-25(32)22-17-31(21-11-4-3-5-12-21)29-24(22)19-9-7-13-27-15-19/h3-15,17,23H,16H2,1-2H3,(H,28,32). The number of para-hydroxylation sites is 1. The van der Waals surface area contributed by atoms with E-state index in [1.807, 2.05) is 67.5 Å². The first-order valence-electron chi connectivity index (χ1n) is 10.3. The van der Waals surface area contributed by atoms with Gasteiger partial charge in [-0.3, -0.25) is 9.78 Å². The Hall–Kier alpha value is -3.84. The molecule has 0 saturated heterocycles. The van der Waals surface area contributed by atoms with E-state index in [9.17, 15) is 9.18 Å². The number of amides is 1. The average molecular weight is 429 g/mol. The normalized spacial score (nSPS) is 12.0. The van der Waals surface area contributed by atoms with E-state index in [2.05, 4.69) is 15.4 Å². The van der Waals surface area contributed by atoms with Gasteiger partial charge in [0.15, 0.2) is 0 Å². The lowest BCUT2D eigenvalue weighted by Crippen LogP contribution is -2.34. The fraction of sp³-hybridized carbons (Fsp3) is 0.160. The van der Waals surface area contributed by atoms with E-state index in [1.54, 1.807) is 29.3 Å². The topological polar surface area (TPSA) is 63.1 Å². The molecule has 0 spiro atoms. The number of pyridine rings is 1. The number of carbonyl (C=O) groups excluding carboxylic acids is 1. The molecule has 0 saturated carbocycles. The number of halogens is 1. The zero-order valence-corrected chi connectivity index (χ0v) is 17.9. The molecular weight excluding hydrogens is 405 g/mol. The van der Waals surface area contributed by atoms with Crippen LogP contribution in [-0.2, 0) is 0 Å². The highest BCUT2D eigenvalue weighted by molar-refractivity contribution is 5.99. The van der Waals surface area contributed by atoms with Crippen LogP contribution in [-0.4, -0.2) is 46.2 Å². The van der Waals surface area contributed by atoms with E-state index < -0.39 is 0 Å². The van der Waals surface area contributed by atoms with Crippen LogP contribution in [0.1, 0.15) is 22.0 Å². The highest BCUT2D eigenvalue weighted by Crippen LogP contribution is 2.24. The summed E-state index contributed by atoms with van der Waals surface area (Å²) < 4.78 is 15.4. The minimum Gasteiger partial charge on any atom is -0.350 e. The molecule has 2 aromatic heterocycles. The van der Waals surface area contributed by atoms with Gasteiger partial charge < -0.3 is 10.2 Å². The summed E-state index contributed by atoms with van der Waals surface area (Å²) in [4.78, 5) is 19.3. The van der Waals surface area contributed by atoms with Crippen molar-refractivity contribution in [2.45, 2.75) is 6.04 Å². The minimum absolute atomic E-state index is 0.180. The molecule has 0 aliphatic carbocycles. The van der Waals surface area contributed by atoms with Crippen LogP contribution in [0.25, 0.3) is 16.9 Å². The van der Waals surface area contributed by atoms with Crippen molar-refractivity contribution < 1.29 is 9.18 Å². The number of rotatable bonds is 7. The molecule has 1 amide bonds. The van der Waals surface area contributed by atoms with Gasteiger partial charge in [-0.2, -0.15) is 5.10 Å². The molecule has 0 fully saturated rings. The second-order valence-corrected chi connectivity index (χ2v) is 7.66. The van der Waals surface area contributed by atoms with Gasteiger partial charge in [0, 0.05) is 30.7 Å². The summed E-state index contributed by atoms with van der Waals surface area (Å²) in [5, 5.41) is 7.66. The van der Waals surface area contributed by atoms with Crippen molar-refractivity contribution in [3.63, 3.8) is 0 Å². The van der Waals surface area contributed by atoms with Crippen molar-refractivity contribution in [3.05, 3.63) is 102 Å². The second-order valence-electron chi connectivity index (χ2n) is 7.66. The highest BCUT2D eigenvalue weighted by Gasteiger charge is 2.21. The number of nitrogens with one attached hydrogen (secondary N) is 1. The maximum Gasteiger partial charge on any atom is 0.255 e. The van der Waals surface area contributed by atoms with Gasteiger partial charge in [0.25, 0.3) is 5.91 Å². The number of benzene rings is 2. The molecule has 0 radical (unpaired) electrons. The van der Waals surface area contributed by atoms with Crippen LogP contribution in [0.3, 0.4) is 0 Å². The average Bonchev–Trinajstić information content (AvgIpc) is 3.26. The maximum absolute atomic E-state index is 13.7. The maximum atomic E-state index is 13.7. The molecule has 2 aromatic carbocycles. The summed E-state index contributed by atoms with van der Waals surface area (Å²) in [7, 11) is 3.80. The second kappa shape index (κ2) is 9.53. The van der Waals surface area contributed by atoms with Gasteiger partial charge in [-0.05, 0) is 56.1 Å². The van der Waals surface area contributed by atoms with Crippen LogP contribution in [0.15, 0.2) is 85.3 Å². The Morgan fingerprint density at radius 1 is 1.09 bits per heavy atom. The lowest BCUT2D eigenvalue weighted by Gasteiger charge is -2.25. The Morgan fingerprint density at radius 3 is 2.59 bits per heavy atom. The number of nitrogens with zero attached hydrogens (tertiary/aromatic N) is 4. The molecule has 6 nitrogen and oxygen atoms in total. The number of carbonyl (C=O) groups is 1. The quantitative estimate of drug-likeness (QED) is 0.480. The summed E-state index contributed by atoms with van der Waals surface area (Å²) in [6.07, 6.45) is 5.09. The molecule has 4 aromatic rings. The third-order valence-corrected chi connectivity index (χ3v) is 5.23. The van der Waals surface area contributed by atoms with Crippen LogP contribution in [0, 0.1) is 5.82 Å². The summed E-state index contributed by atoms with van der Waals surface area (Å²) in [6, 6.07) is 19.5. The van der Waals surface area contributed by atoms with Crippen molar-refractivity contribution in [2.24, 2.45) is 0 Å². The van der Waals surface area contributed by atoms with Gasteiger partial charge in [0.1, 0.15) is 11.5 Å². The molecule has 0 bridgehead atoms. The first kappa shape index (κ1) is 21.4. The number of aromatic nitrogens is 3. The monoisotopic (exact) mass is 429 g/mol. The molecule has 1 unspecified atom stereocenters. The van der Waals surface area contributed by atoms with Crippen LogP contribution >= 0.6 is 0 Å². The molecule has 0 aliphatic heterocycles. The Kier molecular flexibility index (Phi) is 6.37. The number of hydrogen-bond acceptors (Lipinski definition) is 4. The van der Waals surface area contributed by atoms with Crippen molar-refractivity contribution in [1.82, 2.24) is 25.0 Å². The third kappa shape index (κ3) is 4.73. The Labute approximate surface area is 186 Å². The van der Waals surface area contributed by atoms with Gasteiger partial charge >= 0.3 is 0 Å². The van der Waals surface area contributed by atoms with Gasteiger partial charge in [-0.1, -0.05) is 30.3 Å². The summed E-state index contributed by atoms with van der Waals surface area (Å²) in [6.45, 7) is 0.318. The lowest BCUT2D eigenvalue weighted by atomic mass is 10.1. The Morgan fingerprint density at radius 2 is 1.91 bits per heavy atom. The minimum atomic E-state index is -0.302. The van der Waals surface area contributed by atoms with Crippen molar-refractivity contribution >= 4 is 5.91 Å². The lowest BCUT2D eigenvalue weighted by molar-refractivity contribution is 0.0942. The molecule has 0 aliphatic rings. The summed E-state index contributed by atoms with van der Waals surface area (Å²) in [5.74, 6) is -0.557. The van der Waals surface area contributed by atoms with Gasteiger partial charge in [0.2, 0.25) is 0 Å². The molecule has 32 heavy (non-hydrogen) atoms. The molecule has 2 heterocycles. The van der Waals surface area contributed by atoms with E-state index in [1.165, 1.54) is 12.1 Å². The van der Waals surface area contributed by atoms with Crippen molar-refractivity contribution in [2.75, 3.05) is 20.6 Å². The third-order valence-electron chi connectivity index (χ3n) is 5.23. The van der Waals surface area contributed by atoms with Gasteiger partial charge in [-0.15, -0.1) is 0 Å². The van der Waals surface area contributed by atoms with Gasteiger partial charge in [-0.25, -0.2) is 9.07 Å². The van der Waals surface area contributed by atoms with E-state index in [4.69, 9.17) is 0 Å². The molecule has 4 rings (SSSR count). The largest absolute Gasteiger partial charge is 0.350 e. The van der Waals surface area contributed by atoms with Crippen LogP contribution in [0.5, 0.6) is 0 Å². The first-order valence-corrected chi connectivity index (χ1v) is 10.3. The predicted molar refractivity (Wildman–Crippen MR) is 122 cm³/mol.